The van der Waals surface area contributed by atoms with Gasteiger partial charge in [0, 0.05) is 12.1 Å². The molecule has 1 unspecified atom stereocenters. The first-order valence-electron chi connectivity index (χ1n) is 6.82. The predicted molar refractivity (Wildman–Crippen MR) is 71.8 cm³/mol. The van der Waals surface area contributed by atoms with Crippen LogP contribution < -0.4 is 5.32 Å². The van der Waals surface area contributed by atoms with Gasteiger partial charge in [0.05, 0.1) is 0 Å². The van der Waals surface area contributed by atoms with Gasteiger partial charge in [-0.1, -0.05) is 33.6 Å². The van der Waals surface area contributed by atoms with Gasteiger partial charge in [-0.15, -0.1) is 0 Å². The minimum atomic E-state index is 0.366. The van der Waals surface area contributed by atoms with E-state index in [1.54, 1.807) is 0 Å². The van der Waals surface area contributed by atoms with Crippen LogP contribution in [0.4, 0.5) is 0 Å². The van der Waals surface area contributed by atoms with Crippen LogP contribution in [0.3, 0.4) is 0 Å². The third kappa shape index (κ3) is 4.06. The summed E-state index contributed by atoms with van der Waals surface area (Å²) in [6.07, 6.45) is 6.95. The number of rotatable bonds is 5. The molecule has 2 nitrogen and oxygen atoms in total. The average molecular weight is 226 g/mol. The second kappa shape index (κ2) is 6.02. The van der Waals surface area contributed by atoms with Crippen LogP contribution in [0.1, 0.15) is 52.9 Å². The maximum atomic E-state index is 3.46. The highest BCUT2D eigenvalue weighted by Crippen LogP contribution is 2.25. The summed E-state index contributed by atoms with van der Waals surface area (Å²) in [7, 11) is 4.39. The van der Waals surface area contributed by atoms with E-state index in [9.17, 15) is 0 Å². The van der Waals surface area contributed by atoms with Crippen molar-refractivity contribution in [2.75, 3.05) is 20.6 Å². The van der Waals surface area contributed by atoms with Crippen LogP contribution in [0.15, 0.2) is 0 Å². The van der Waals surface area contributed by atoms with E-state index in [2.05, 4.69) is 45.1 Å². The summed E-state index contributed by atoms with van der Waals surface area (Å²) in [6.45, 7) is 8.20. The van der Waals surface area contributed by atoms with Crippen molar-refractivity contribution in [3.8, 4) is 0 Å². The molecule has 2 heteroatoms. The zero-order valence-corrected chi connectivity index (χ0v) is 11.8. The quantitative estimate of drug-likeness (QED) is 0.775. The Bertz CT molecular complexity index is 189. The number of nitrogens with one attached hydrogen (secondary N) is 1. The van der Waals surface area contributed by atoms with Gasteiger partial charge < -0.3 is 10.2 Å². The molecule has 0 amide bonds. The maximum Gasteiger partial charge on any atom is 0.0125 e. The van der Waals surface area contributed by atoms with E-state index in [0.29, 0.717) is 11.5 Å². The second-order valence-electron chi connectivity index (χ2n) is 6.41. The Kier molecular flexibility index (Phi) is 5.26. The Morgan fingerprint density at radius 1 is 1.25 bits per heavy atom. The smallest absolute Gasteiger partial charge is 0.0125 e. The monoisotopic (exact) mass is 226 g/mol. The molecule has 1 aliphatic carbocycles. The van der Waals surface area contributed by atoms with Gasteiger partial charge >= 0.3 is 0 Å². The number of hydrogen-bond donors (Lipinski definition) is 1. The maximum absolute atomic E-state index is 3.46. The summed E-state index contributed by atoms with van der Waals surface area (Å²) in [5.74, 6) is 0. The van der Waals surface area contributed by atoms with Gasteiger partial charge in [0.25, 0.3) is 0 Å². The molecule has 0 aliphatic heterocycles. The molecule has 0 bridgehead atoms. The molecule has 96 valence electrons. The third-order valence-electron chi connectivity index (χ3n) is 4.11. The lowest BCUT2D eigenvalue weighted by Crippen LogP contribution is -2.41. The lowest BCUT2D eigenvalue weighted by atomic mass is 9.85. The molecule has 1 rings (SSSR count). The molecule has 0 aromatic carbocycles. The van der Waals surface area contributed by atoms with Crippen molar-refractivity contribution in [1.29, 1.82) is 0 Å². The molecule has 0 aromatic heterocycles. The Balaban J connectivity index is 2.31. The van der Waals surface area contributed by atoms with Crippen LogP contribution in [0.5, 0.6) is 0 Å². The zero-order valence-electron chi connectivity index (χ0n) is 11.8. The van der Waals surface area contributed by atoms with Gasteiger partial charge in [-0.3, -0.25) is 0 Å². The average Bonchev–Trinajstić information content (AvgIpc) is 2.68. The minimum Gasteiger partial charge on any atom is -0.316 e. The van der Waals surface area contributed by atoms with E-state index in [0.717, 1.165) is 6.04 Å². The van der Waals surface area contributed by atoms with Crippen molar-refractivity contribution in [3.05, 3.63) is 0 Å². The van der Waals surface area contributed by atoms with Crippen LogP contribution in [0, 0.1) is 5.41 Å². The lowest BCUT2D eigenvalue weighted by molar-refractivity contribution is 0.197. The van der Waals surface area contributed by atoms with Gasteiger partial charge in [0.2, 0.25) is 0 Å². The number of hydrogen-bond acceptors (Lipinski definition) is 2. The van der Waals surface area contributed by atoms with Crippen LogP contribution in [0.2, 0.25) is 0 Å². The summed E-state index contributed by atoms with van der Waals surface area (Å²) < 4.78 is 0. The molecule has 0 radical (unpaired) electrons. The van der Waals surface area contributed by atoms with Crippen molar-refractivity contribution < 1.29 is 0 Å². The Morgan fingerprint density at radius 2 is 1.81 bits per heavy atom. The van der Waals surface area contributed by atoms with E-state index >= 15 is 0 Å². The summed E-state index contributed by atoms with van der Waals surface area (Å²) in [5.41, 5.74) is 0.366. The molecule has 1 fully saturated rings. The first-order chi connectivity index (χ1) is 7.45. The molecule has 1 N–H and O–H groups in total. The van der Waals surface area contributed by atoms with Gasteiger partial charge in [0.15, 0.2) is 0 Å². The van der Waals surface area contributed by atoms with Gasteiger partial charge in [-0.2, -0.15) is 0 Å². The molecule has 1 saturated carbocycles. The molecule has 0 aromatic rings. The molecule has 0 saturated heterocycles. The highest BCUT2D eigenvalue weighted by Gasteiger charge is 2.25. The van der Waals surface area contributed by atoms with Crippen molar-refractivity contribution in [2.45, 2.75) is 65.0 Å². The van der Waals surface area contributed by atoms with Crippen molar-refractivity contribution >= 4 is 0 Å². The van der Waals surface area contributed by atoms with E-state index in [-0.39, 0.29) is 0 Å². The van der Waals surface area contributed by atoms with Crippen LogP contribution in [-0.2, 0) is 0 Å². The highest BCUT2D eigenvalue weighted by molar-refractivity contribution is 4.82. The van der Waals surface area contributed by atoms with E-state index in [1.165, 1.54) is 38.6 Å². The highest BCUT2D eigenvalue weighted by atomic mass is 15.1. The van der Waals surface area contributed by atoms with Crippen molar-refractivity contribution in [3.63, 3.8) is 0 Å². The van der Waals surface area contributed by atoms with Crippen molar-refractivity contribution in [2.24, 2.45) is 5.41 Å². The summed E-state index contributed by atoms with van der Waals surface area (Å²) in [4.78, 5) is 2.57. The number of nitrogens with zero attached hydrogens (tertiary/aromatic N) is 1. The topological polar surface area (TPSA) is 15.3 Å². The molecule has 1 atom stereocenters. The van der Waals surface area contributed by atoms with Crippen LogP contribution >= 0.6 is 0 Å². The second-order valence-corrected chi connectivity index (χ2v) is 6.41. The normalized spacial score (nSPS) is 20.6. The SMILES string of the molecule is CNC(CCN(C)C1CCCC1)C(C)(C)C. The predicted octanol–water partition coefficient (Wildman–Crippen LogP) is 2.89. The standard InChI is InChI=1S/C14H30N2/c1-14(2,3)13(15-4)10-11-16(5)12-8-6-7-9-12/h12-13,15H,6-11H2,1-5H3. The summed E-state index contributed by atoms with van der Waals surface area (Å²) in [5, 5.41) is 3.46. The molecular formula is C14H30N2. The van der Waals surface area contributed by atoms with E-state index in [4.69, 9.17) is 0 Å². The van der Waals surface area contributed by atoms with Gasteiger partial charge in [-0.25, -0.2) is 0 Å². The molecule has 0 heterocycles. The van der Waals surface area contributed by atoms with Crippen molar-refractivity contribution in [1.82, 2.24) is 10.2 Å². The first kappa shape index (κ1) is 14.0. The van der Waals surface area contributed by atoms with Gasteiger partial charge in [-0.05, 0) is 45.3 Å². The lowest BCUT2D eigenvalue weighted by Gasteiger charge is -2.33. The fourth-order valence-electron chi connectivity index (χ4n) is 2.87. The molecule has 1 aliphatic rings. The van der Waals surface area contributed by atoms with Crippen LogP contribution in [0.25, 0.3) is 0 Å². The molecule has 16 heavy (non-hydrogen) atoms. The zero-order chi connectivity index (χ0) is 12.2. The van der Waals surface area contributed by atoms with Crippen LogP contribution in [-0.4, -0.2) is 37.6 Å². The molecular weight excluding hydrogens is 196 g/mol. The third-order valence-corrected chi connectivity index (χ3v) is 4.11. The Labute approximate surface area is 102 Å². The fourth-order valence-corrected chi connectivity index (χ4v) is 2.87. The summed E-state index contributed by atoms with van der Waals surface area (Å²) >= 11 is 0. The minimum absolute atomic E-state index is 0.366. The largest absolute Gasteiger partial charge is 0.316 e. The van der Waals surface area contributed by atoms with E-state index in [1.807, 2.05) is 0 Å². The fraction of sp³-hybridized carbons (Fsp3) is 1.00. The summed E-state index contributed by atoms with van der Waals surface area (Å²) in [6, 6.07) is 1.48. The Hall–Kier alpha value is -0.0800. The Morgan fingerprint density at radius 3 is 2.25 bits per heavy atom. The van der Waals surface area contributed by atoms with E-state index < -0.39 is 0 Å². The van der Waals surface area contributed by atoms with Gasteiger partial charge in [0.1, 0.15) is 0 Å². The molecule has 0 spiro atoms. The first-order valence-corrected chi connectivity index (χ1v) is 6.82.